The van der Waals surface area contributed by atoms with E-state index in [1.54, 1.807) is 6.07 Å². The van der Waals surface area contributed by atoms with Crippen LogP contribution >= 0.6 is 0 Å². The standard InChI is InChI=1S/C9H12N2O2/c12-10-7-8-3-4-9(13-8)11-5-1-2-6-11/h3-4,7,12H,1-2,5-6H2. The molecule has 0 unspecified atom stereocenters. The van der Waals surface area contributed by atoms with Crippen LogP contribution in [0.25, 0.3) is 0 Å². The Morgan fingerprint density at radius 3 is 2.85 bits per heavy atom. The number of hydrogen-bond donors (Lipinski definition) is 1. The maximum atomic E-state index is 8.29. The second-order valence-electron chi connectivity index (χ2n) is 3.11. The normalized spacial score (nSPS) is 17.4. The van der Waals surface area contributed by atoms with E-state index >= 15 is 0 Å². The van der Waals surface area contributed by atoms with Gasteiger partial charge in [0.05, 0.1) is 0 Å². The van der Waals surface area contributed by atoms with E-state index in [9.17, 15) is 0 Å². The van der Waals surface area contributed by atoms with E-state index in [1.807, 2.05) is 6.07 Å². The molecule has 0 atom stereocenters. The van der Waals surface area contributed by atoms with Crippen LogP contribution < -0.4 is 4.90 Å². The highest BCUT2D eigenvalue weighted by atomic mass is 16.4. The van der Waals surface area contributed by atoms with Crippen LogP contribution in [0.2, 0.25) is 0 Å². The Morgan fingerprint density at radius 1 is 1.38 bits per heavy atom. The predicted octanol–water partition coefficient (Wildman–Crippen LogP) is 1.69. The van der Waals surface area contributed by atoms with Gasteiger partial charge in [0, 0.05) is 19.2 Å². The molecule has 70 valence electrons. The van der Waals surface area contributed by atoms with Gasteiger partial charge < -0.3 is 14.5 Å². The van der Waals surface area contributed by atoms with Crippen molar-refractivity contribution in [2.24, 2.45) is 5.16 Å². The molecule has 0 bridgehead atoms. The summed E-state index contributed by atoms with van der Waals surface area (Å²) < 4.78 is 5.42. The van der Waals surface area contributed by atoms with Crippen LogP contribution in [-0.4, -0.2) is 24.5 Å². The molecular formula is C9H12N2O2. The first kappa shape index (κ1) is 8.16. The van der Waals surface area contributed by atoms with Gasteiger partial charge in [-0.05, 0) is 18.9 Å². The van der Waals surface area contributed by atoms with Crippen molar-refractivity contribution in [1.82, 2.24) is 0 Å². The molecule has 1 saturated heterocycles. The predicted molar refractivity (Wildman–Crippen MR) is 49.5 cm³/mol. The Kier molecular flexibility index (Phi) is 2.21. The fourth-order valence-corrected chi connectivity index (χ4v) is 1.58. The van der Waals surface area contributed by atoms with Crippen molar-refractivity contribution >= 4 is 12.1 Å². The number of furan rings is 1. The fourth-order valence-electron chi connectivity index (χ4n) is 1.58. The molecule has 1 aliphatic rings. The van der Waals surface area contributed by atoms with Gasteiger partial charge in [0.2, 0.25) is 0 Å². The fraction of sp³-hybridized carbons (Fsp3) is 0.444. The van der Waals surface area contributed by atoms with Crippen LogP contribution in [0.1, 0.15) is 18.6 Å². The highest BCUT2D eigenvalue weighted by Gasteiger charge is 2.14. The summed E-state index contributed by atoms with van der Waals surface area (Å²) in [5, 5.41) is 11.2. The van der Waals surface area contributed by atoms with Crippen molar-refractivity contribution in [2.75, 3.05) is 18.0 Å². The molecule has 0 amide bonds. The molecule has 1 aromatic heterocycles. The molecule has 2 rings (SSSR count). The van der Waals surface area contributed by atoms with Gasteiger partial charge in [0.25, 0.3) is 0 Å². The lowest BCUT2D eigenvalue weighted by Gasteiger charge is -2.12. The number of nitrogens with zero attached hydrogens (tertiary/aromatic N) is 2. The van der Waals surface area contributed by atoms with Crippen LogP contribution in [0.4, 0.5) is 5.88 Å². The quantitative estimate of drug-likeness (QED) is 0.428. The van der Waals surface area contributed by atoms with Gasteiger partial charge >= 0.3 is 0 Å². The molecule has 0 spiro atoms. The first-order valence-corrected chi connectivity index (χ1v) is 4.42. The molecule has 4 nitrogen and oxygen atoms in total. The summed E-state index contributed by atoms with van der Waals surface area (Å²) in [5.74, 6) is 1.46. The Balaban J connectivity index is 2.12. The van der Waals surface area contributed by atoms with Gasteiger partial charge in [0.1, 0.15) is 6.21 Å². The summed E-state index contributed by atoms with van der Waals surface area (Å²) >= 11 is 0. The third-order valence-corrected chi connectivity index (χ3v) is 2.22. The van der Waals surface area contributed by atoms with Gasteiger partial charge in [-0.15, -0.1) is 0 Å². The molecule has 0 radical (unpaired) electrons. The van der Waals surface area contributed by atoms with Crippen molar-refractivity contribution in [3.8, 4) is 0 Å². The number of oxime groups is 1. The Bertz CT molecular complexity index is 300. The first-order valence-electron chi connectivity index (χ1n) is 4.42. The van der Waals surface area contributed by atoms with Crippen LogP contribution in [0.5, 0.6) is 0 Å². The smallest absolute Gasteiger partial charge is 0.196 e. The molecule has 0 aromatic carbocycles. The minimum absolute atomic E-state index is 0.587. The number of anilines is 1. The topological polar surface area (TPSA) is 49.0 Å². The third-order valence-electron chi connectivity index (χ3n) is 2.22. The first-order chi connectivity index (χ1) is 6.40. The average molecular weight is 180 g/mol. The van der Waals surface area contributed by atoms with E-state index in [1.165, 1.54) is 19.1 Å². The van der Waals surface area contributed by atoms with Crippen molar-refractivity contribution in [3.05, 3.63) is 17.9 Å². The molecule has 13 heavy (non-hydrogen) atoms. The second kappa shape index (κ2) is 3.51. The maximum absolute atomic E-state index is 8.29. The highest BCUT2D eigenvalue weighted by molar-refractivity contribution is 5.76. The molecule has 1 aliphatic heterocycles. The van der Waals surface area contributed by atoms with Crippen LogP contribution in [-0.2, 0) is 0 Å². The zero-order chi connectivity index (χ0) is 9.10. The molecule has 1 aromatic rings. The van der Waals surface area contributed by atoms with Crippen molar-refractivity contribution in [2.45, 2.75) is 12.8 Å². The summed E-state index contributed by atoms with van der Waals surface area (Å²) in [4.78, 5) is 2.19. The van der Waals surface area contributed by atoms with Gasteiger partial charge in [-0.3, -0.25) is 0 Å². The highest BCUT2D eigenvalue weighted by Crippen LogP contribution is 2.21. The van der Waals surface area contributed by atoms with Crippen LogP contribution in [0.15, 0.2) is 21.7 Å². The number of hydrogen-bond acceptors (Lipinski definition) is 4. The zero-order valence-electron chi connectivity index (χ0n) is 7.31. The van der Waals surface area contributed by atoms with E-state index in [-0.39, 0.29) is 0 Å². The summed E-state index contributed by atoms with van der Waals surface area (Å²) in [6.07, 6.45) is 3.74. The summed E-state index contributed by atoms with van der Waals surface area (Å²) in [5.41, 5.74) is 0. The van der Waals surface area contributed by atoms with Gasteiger partial charge in [0.15, 0.2) is 11.6 Å². The van der Waals surface area contributed by atoms with Crippen molar-refractivity contribution in [1.29, 1.82) is 0 Å². The Morgan fingerprint density at radius 2 is 2.15 bits per heavy atom. The number of rotatable bonds is 2. The molecular weight excluding hydrogens is 168 g/mol. The van der Waals surface area contributed by atoms with E-state index in [0.717, 1.165) is 19.0 Å². The van der Waals surface area contributed by atoms with Crippen molar-refractivity contribution < 1.29 is 9.62 Å². The summed E-state index contributed by atoms with van der Waals surface area (Å²) in [7, 11) is 0. The van der Waals surface area contributed by atoms with E-state index < -0.39 is 0 Å². The Hall–Kier alpha value is -1.45. The summed E-state index contributed by atoms with van der Waals surface area (Å²) in [6.45, 7) is 2.12. The molecule has 1 N–H and O–H groups in total. The van der Waals surface area contributed by atoms with Crippen LogP contribution in [0.3, 0.4) is 0 Å². The molecule has 0 aliphatic carbocycles. The minimum Gasteiger partial charge on any atom is -0.439 e. The Labute approximate surface area is 76.4 Å². The molecule has 0 saturated carbocycles. The molecule has 4 heteroatoms. The lowest BCUT2D eigenvalue weighted by molar-refractivity contribution is 0.320. The molecule has 2 heterocycles. The second-order valence-corrected chi connectivity index (χ2v) is 3.11. The van der Waals surface area contributed by atoms with E-state index in [0.29, 0.717) is 5.76 Å². The van der Waals surface area contributed by atoms with E-state index in [4.69, 9.17) is 9.62 Å². The monoisotopic (exact) mass is 180 g/mol. The van der Waals surface area contributed by atoms with Crippen molar-refractivity contribution in [3.63, 3.8) is 0 Å². The lowest BCUT2D eigenvalue weighted by Crippen LogP contribution is -2.16. The van der Waals surface area contributed by atoms with E-state index in [2.05, 4.69) is 10.1 Å². The lowest BCUT2D eigenvalue weighted by atomic mass is 10.4. The van der Waals surface area contributed by atoms with Gasteiger partial charge in [-0.2, -0.15) is 0 Å². The summed E-state index contributed by atoms with van der Waals surface area (Å²) in [6, 6.07) is 3.70. The zero-order valence-corrected chi connectivity index (χ0v) is 7.31. The maximum Gasteiger partial charge on any atom is 0.196 e. The minimum atomic E-state index is 0.587. The van der Waals surface area contributed by atoms with Gasteiger partial charge in [-0.25, -0.2) is 0 Å². The van der Waals surface area contributed by atoms with Gasteiger partial charge in [-0.1, -0.05) is 5.16 Å². The largest absolute Gasteiger partial charge is 0.439 e. The third kappa shape index (κ3) is 1.66. The van der Waals surface area contributed by atoms with Crippen LogP contribution in [0, 0.1) is 0 Å². The molecule has 1 fully saturated rings. The SMILES string of the molecule is ON=Cc1ccc(N2CCCC2)o1. The average Bonchev–Trinajstić information content (AvgIpc) is 2.70.